The molecule has 0 atom stereocenters. The number of carbonyl (C=O) groups excluding carboxylic acids is 1. The van der Waals surface area contributed by atoms with Gasteiger partial charge in [-0.25, -0.2) is 13.2 Å². The Morgan fingerprint density at radius 3 is 2.26 bits per heavy atom. The summed E-state index contributed by atoms with van der Waals surface area (Å²) in [5.74, 6) is 0.671. The zero-order valence-electron chi connectivity index (χ0n) is 17.2. The first kappa shape index (κ1) is 22.2. The first-order valence-electron chi connectivity index (χ1n) is 9.50. The van der Waals surface area contributed by atoms with Crippen LogP contribution in [0.5, 0.6) is 11.5 Å². The highest BCUT2D eigenvalue weighted by atomic mass is 32.2. The highest BCUT2D eigenvalue weighted by Crippen LogP contribution is 2.25. The van der Waals surface area contributed by atoms with Crippen molar-refractivity contribution in [2.45, 2.75) is 4.90 Å². The van der Waals surface area contributed by atoms with Gasteiger partial charge in [0, 0.05) is 7.05 Å². The lowest BCUT2D eigenvalue weighted by molar-refractivity contribution is 0.0450. The second-order valence-corrected chi connectivity index (χ2v) is 8.47. The van der Waals surface area contributed by atoms with E-state index in [1.54, 1.807) is 36.4 Å². The van der Waals surface area contributed by atoms with Gasteiger partial charge in [-0.2, -0.15) is 0 Å². The molecule has 0 heterocycles. The Labute approximate surface area is 181 Å². The largest absolute Gasteiger partial charge is 0.497 e. The van der Waals surface area contributed by atoms with Crippen molar-refractivity contribution in [2.24, 2.45) is 0 Å². The third kappa shape index (κ3) is 5.55. The number of hydrogen-bond acceptors (Lipinski definition) is 6. The van der Waals surface area contributed by atoms with Crippen molar-refractivity contribution in [1.82, 2.24) is 0 Å². The molecule has 0 radical (unpaired) electrons. The van der Waals surface area contributed by atoms with Gasteiger partial charge < -0.3 is 14.2 Å². The fourth-order valence-corrected chi connectivity index (χ4v) is 4.01. The predicted molar refractivity (Wildman–Crippen MR) is 117 cm³/mol. The first-order chi connectivity index (χ1) is 14.9. The van der Waals surface area contributed by atoms with Gasteiger partial charge in [0.2, 0.25) is 0 Å². The molecular formula is C23H23NO6S. The van der Waals surface area contributed by atoms with E-state index in [0.29, 0.717) is 17.2 Å². The SMILES string of the molecule is COc1ccc(N(C)S(=O)(=O)c2cccc(C(=O)OCCOc3ccccc3)c2)cc1. The molecule has 0 fully saturated rings. The molecule has 0 unspecified atom stereocenters. The van der Waals surface area contributed by atoms with Crippen LogP contribution in [0.15, 0.2) is 83.8 Å². The highest BCUT2D eigenvalue weighted by Gasteiger charge is 2.23. The number of esters is 1. The number of sulfonamides is 1. The van der Waals surface area contributed by atoms with Crippen LogP contribution in [-0.4, -0.2) is 41.8 Å². The van der Waals surface area contributed by atoms with Gasteiger partial charge in [0.1, 0.15) is 24.7 Å². The van der Waals surface area contributed by atoms with E-state index >= 15 is 0 Å². The lowest BCUT2D eigenvalue weighted by atomic mass is 10.2. The first-order valence-corrected chi connectivity index (χ1v) is 10.9. The molecule has 0 aliphatic carbocycles. The van der Waals surface area contributed by atoms with E-state index in [0.717, 1.165) is 4.31 Å². The number of nitrogens with zero attached hydrogens (tertiary/aromatic N) is 1. The molecule has 0 aliphatic rings. The lowest BCUT2D eigenvalue weighted by Gasteiger charge is -2.20. The Hall–Kier alpha value is -3.52. The van der Waals surface area contributed by atoms with E-state index in [4.69, 9.17) is 14.2 Å². The minimum absolute atomic E-state index is 0.0131. The molecule has 3 aromatic carbocycles. The molecule has 3 aromatic rings. The topological polar surface area (TPSA) is 82.1 Å². The van der Waals surface area contributed by atoms with Crippen LogP contribution < -0.4 is 13.8 Å². The summed E-state index contributed by atoms with van der Waals surface area (Å²) in [7, 11) is -0.886. The van der Waals surface area contributed by atoms with Gasteiger partial charge in [-0.1, -0.05) is 24.3 Å². The Balaban J connectivity index is 1.65. The fourth-order valence-electron chi connectivity index (χ4n) is 2.77. The molecule has 7 nitrogen and oxygen atoms in total. The number of benzene rings is 3. The number of rotatable bonds is 9. The molecule has 8 heteroatoms. The van der Waals surface area contributed by atoms with Crippen LogP contribution in [-0.2, 0) is 14.8 Å². The maximum atomic E-state index is 13.0. The van der Waals surface area contributed by atoms with Gasteiger partial charge >= 0.3 is 5.97 Å². The van der Waals surface area contributed by atoms with E-state index in [1.807, 2.05) is 18.2 Å². The van der Waals surface area contributed by atoms with Gasteiger partial charge in [-0.15, -0.1) is 0 Å². The van der Waals surface area contributed by atoms with E-state index in [2.05, 4.69) is 0 Å². The third-order valence-corrected chi connectivity index (χ3v) is 6.27. The second-order valence-electron chi connectivity index (χ2n) is 6.50. The number of ether oxygens (including phenoxy) is 3. The van der Waals surface area contributed by atoms with E-state index in [-0.39, 0.29) is 23.7 Å². The number of methoxy groups -OCH3 is 1. The van der Waals surface area contributed by atoms with Crippen LogP contribution in [0.4, 0.5) is 5.69 Å². The minimum atomic E-state index is -3.87. The molecule has 0 saturated carbocycles. The van der Waals surface area contributed by atoms with Gasteiger partial charge in [-0.3, -0.25) is 4.31 Å². The zero-order chi connectivity index (χ0) is 22.3. The standard InChI is InChI=1S/C23H23NO6S/c1-24(19-11-13-20(28-2)14-12-19)31(26,27)22-10-6-7-18(17-22)23(25)30-16-15-29-21-8-4-3-5-9-21/h3-14,17H,15-16H2,1-2H3. The van der Waals surface area contributed by atoms with Crippen LogP contribution in [0, 0.1) is 0 Å². The van der Waals surface area contributed by atoms with Crippen LogP contribution in [0.2, 0.25) is 0 Å². The van der Waals surface area contributed by atoms with Crippen molar-refractivity contribution >= 4 is 21.7 Å². The highest BCUT2D eigenvalue weighted by molar-refractivity contribution is 7.92. The van der Waals surface area contributed by atoms with E-state index in [1.165, 1.54) is 38.4 Å². The smallest absolute Gasteiger partial charge is 0.338 e. The Kier molecular flexibility index (Phi) is 7.15. The van der Waals surface area contributed by atoms with Gasteiger partial charge in [-0.05, 0) is 54.6 Å². The molecule has 31 heavy (non-hydrogen) atoms. The fraction of sp³-hybridized carbons (Fsp3) is 0.174. The molecule has 0 aliphatic heterocycles. The molecule has 0 aromatic heterocycles. The van der Waals surface area contributed by atoms with Crippen molar-refractivity contribution in [3.63, 3.8) is 0 Å². The molecule has 0 amide bonds. The van der Waals surface area contributed by atoms with Crippen LogP contribution >= 0.6 is 0 Å². The minimum Gasteiger partial charge on any atom is -0.497 e. The summed E-state index contributed by atoms with van der Waals surface area (Å²) < 4.78 is 42.9. The maximum Gasteiger partial charge on any atom is 0.338 e. The summed E-state index contributed by atoms with van der Waals surface area (Å²) in [4.78, 5) is 12.3. The zero-order valence-corrected chi connectivity index (χ0v) is 18.0. The lowest BCUT2D eigenvalue weighted by Crippen LogP contribution is -2.26. The molecular weight excluding hydrogens is 418 g/mol. The van der Waals surface area contributed by atoms with E-state index < -0.39 is 16.0 Å². The van der Waals surface area contributed by atoms with Crippen molar-refractivity contribution < 1.29 is 27.4 Å². The molecule has 0 N–H and O–H groups in total. The summed E-state index contributed by atoms with van der Waals surface area (Å²) in [5, 5.41) is 0. The quantitative estimate of drug-likeness (QED) is 0.372. The summed E-state index contributed by atoms with van der Waals surface area (Å²) in [6.45, 7) is 0.227. The number of carbonyl (C=O) groups is 1. The molecule has 3 rings (SSSR count). The Bertz CT molecular complexity index is 1110. The normalized spacial score (nSPS) is 10.9. The van der Waals surface area contributed by atoms with Crippen molar-refractivity contribution in [1.29, 1.82) is 0 Å². The summed E-state index contributed by atoms with van der Waals surface area (Å²) in [5.41, 5.74) is 0.607. The second kappa shape index (κ2) is 9.99. The average Bonchev–Trinajstić information content (AvgIpc) is 2.82. The van der Waals surface area contributed by atoms with E-state index in [9.17, 15) is 13.2 Å². The Morgan fingerprint density at radius 1 is 0.871 bits per heavy atom. The average molecular weight is 442 g/mol. The summed E-state index contributed by atoms with van der Waals surface area (Å²) in [6.07, 6.45) is 0. The molecule has 162 valence electrons. The van der Waals surface area contributed by atoms with Crippen molar-refractivity contribution in [3.8, 4) is 11.5 Å². The third-order valence-electron chi connectivity index (χ3n) is 4.49. The number of anilines is 1. The predicted octanol–water partition coefficient (Wildman–Crippen LogP) is 3.76. The molecule has 0 bridgehead atoms. The van der Waals surface area contributed by atoms with Crippen molar-refractivity contribution in [3.05, 3.63) is 84.4 Å². The van der Waals surface area contributed by atoms with Gasteiger partial charge in [0.15, 0.2) is 0 Å². The summed E-state index contributed by atoms with van der Waals surface area (Å²) in [6, 6.07) is 21.5. The van der Waals surface area contributed by atoms with Gasteiger partial charge in [0.25, 0.3) is 10.0 Å². The van der Waals surface area contributed by atoms with Crippen molar-refractivity contribution in [2.75, 3.05) is 31.7 Å². The molecule has 0 spiro atoms. The van der Waals surface area contributed by atoms with Crippen LogP contribution in [0.25, 0.3) is 0 Å². The number of para-hydroxylation sites is 1. The Morgan fingerprint density at radius 2 is 1.58 bits per heavy atom. The monoisotopic (exact) mass is 441 g/mol. The summed E-state index contributed by atoms with van der Waals surface area (Å²) >= 11 is 0. The maximum absolute atomic E-state index is 13.0. The number of hydrogen-bond donors (Lipinski definition) is 0. The van der Waals surface area contributed by atoms with Crippen LogP contribution in [0.3, 0.4) is 0 Å². The van der Waals surface area contributed by atoms with Gasteiger partial charge in [0.05, 0.1) is 23.3 Å². The van der Waals surface area contributed by atoms with Crippen LogP contribution in [0.1, 0.15) is 10.4 Å². The molecule has 0 saturated heterocycles.